The second-order valence-corrected chi connectivity index (χ2v) is 7.94. The third-order valence-corrected chi connectivity index (χ3v) is 4.90. The third kappa shape index (κ3) is 3.67. The molecule has 29 heavy (non-hydrogen) atoms. The van der Waals surface area contributed by atoms with Crippen LogP contribution in [0.2, 0.25) is 0 Å². The topological polar surface area (TPSA) is 59.2 Å². The van der Waals surface area contributed by atoms with Crippen LogP contribution >= 0.6 is 0 Å². The molecule has 0 bridgehead atoms. The number of halogens is 1. The summed E-state index contributed by atoms with van der Waals surface area (Å²) < 4.78 is 25.6. The van der Waals surface area contributed by atoms with Crippen molar-refractivity contribution in [3.8, 4) is 22.8 Å². The number of H-pyrrole nitrogens is 1. The van der Waals surface area contributed by atoms with Gasteiger partial charge in [-0.25, -0.2) is 4.39 Å². The SMILES string of the molecule is CC(C)Oc1cc2c(cc1OC(C)C)C(C)c1c(Nc3cccc(F)c3)n[nH]c1-2. The summed E-state index contributed by atoms with van der Waals surface area (Å²) in [5.41, 5.74) is 4.88. The van der Waals surface area contributed by atoms with Crippen LogP contribution in [-0.2, 0) is 0 Å². The van der Waals surface area contributed by atoms with Crippen LogP contribution in [0.5, 0.6) is 11.5 Å². The predicted octanol–water partition coefficient (Wildman–Crippen LogP) is 6.00. The lowest BCUT2D eigenvalue weighted by molar-refractivity contribution is 0.198. The van der Waals surface area contributed by atoms with Gasteiger partial charge in [0.2, 0.25) is 0 Å². The molecule has 4 rings (SSSR count). The van der Waals surface area contributed by atoms with E-state index in [9.17, 15) is 4.39 Å². The normalized spacial score (nSPS) is 14.8. The second-order valence-electron chi connectivity index (χ2n) is 7.94. The average molecular weight is 395 g/mol. The molecule has 0 spiro atoms. The van der Waals surface area contributed by atoms with Crippen LogP contribution in [0.4, 0.5) is 15.9 Å². The van der Waals surface area contributed by atoms with Crippen LogP contribution in [0.25, 0.3) is 11.3 Å². The van der Waals surface area contributed by atoms with Crippen molar-refractivity contribution in [2.75, 3.05) is 5.32 Å². The number of aromatic amines is 1. The molecular weight excluding hydrogens is 369 g/mol. The zero-order valence-electron chi connectivity index (χ0n) is 17.3. The minimum absolute atomic E-state index is 0.0350. The van der Waals surface area contributed by atoms with Crippen LogP contribution in [0.1, 0.15) is 51.7 Å². The van der Waals surface area contributed by atoms with E-state index >= 15 is 0 Å². The lowest BCUT2D eigenvalue weighted by Gasteiger charge is -2.19. The van der Waals surface area contributed by atoms with E-state index in [2.05, 4.69) is 28.5 Å². The quantitative estimate of drug-likeness (QED) is 0.537. The lowest BCUT2D eigenvalue weighted by atomic mass is 9.99. The number of rotatable bonds is 6. The first-order chi connectivity index (χ1) is 13.8. The van der Waals surface area contributed by atoms with Gasteiger partial charge in [-0.2, -0.15) is 5.10 Å². The fraction of sp³-hybridized carbons (Fsp3) is 0.348. The Morgan fingerprint density at radius 3 is 2.38 bits per heavy atom. The Labute approximate surface area is 170 Å². The van der Waals surface area contributed by atoms with Crippen molar-refractivity contribution in [2.45, 2.75) is 52.7 Å². The summed E-state index contributed by atoms with van der Waals surface area (Å²) >= 11 is 0. The Morgan fingerprint density at radius 1 is 1.03 bits per heavy atom. The van der Waals surface area contributed by atoms with Gasteiger partial charge in [-0.15, -0.1) is 0 Å². The fourth-order valence-electron chi connectivity index (χ4n) is 3.77. The Morgan fingerprint density at radius 2 is 1.72 bits per heavy atom. The largest absolute Gasteiger partial charge is 0.487 e. The summed E-state index contributed by atoms with van der Waals surface area (Å²) in [7, 11) is 0. The number of fused-ring (bicyclic) bond motifs is 3. The molecule has 0 radical (unpaired) electrons. The maximum Gasteiger partial charge on any atom is 0.162 e. The molecule has 1 heterocycles. The number of benzene rings is 2. The molecule has 0 saturated carbocycles. The highest BCUT2D eigenvalue weighted by molar-refractivity contribution is 5.83. The zero-order valence-corrected chi connectivity index (χ0v) is 17.3. The molecule has 0 amide bonds. The second kappa shape index (κ2) is 7.43. The van der Waals surface area contributed by atoms with Crippen LogP contribution in [0.3, 0.4) is 0 Å². The first kappa shape index (κ1) is 19.3. The Balaban J connectivity index is 1.74. The number of ether oxygens (including phenoxy) is 2. The molecule has 1 atom stereocenters. The van der Waals surface area contributed by atoms with E-state index in [1.54, 1.807) is 6.07 Å². The lowest BCUT2D eigenvalue weighted by Crippen LogP contribution is -2.11. The summed E-state index contributed by atoms with van der Waals surface area (Å²) in [6.45, 7) is 10.1. The van der Waals surface area contributed by atoms with E-state index in [1.165, 1.54) is 12.1 Å². The van der Waals surface area contributed by atoms with E-state index < -0.39 is 0 Å². The molecule has 2 N–H and O–H groups in total. The van der Waals surface area contributed by atoms with Crippen molar-refractivity contribution in [1.29, 1.82) is 0 Å². The molecule has 0 aliphatic heterocycles. The van der Waals surface area contributed by atoms with Crippen molar-refractivity contribution in [2.24, 2.45) is 0 Å². The van der Waals surface area contributed by atoms with Gasteiger partial charge in [0, 0.05) is 22.7 Å². The van der Waals surface area contributed by atoms with E-state index in [0.717, 1.165) is 33.9 Å². The smallest absolute Gasteiger partial charge is 0.162 e. The minimum Gasteiger partial charge on any atom is -0.487 e. The molecule has 1 unspecified atom stereocenters. The maximum atomic E-state index is 13.6. The first-order valence-corrected chi connectivity index (χ1v) is 9.96. The number of nitrogens with one attached hydrogen (secondary N) is 2. The van der Waals surface area contributed by atoms with Gasteiger partial charge in [0.05, 0.1) is 17.9 Å². The summed E-state index contributed by atoms with van der Waals surface area (Å²) in [6, 6.07) is 10.5. The number of hydrogen-bond acceptors (Lipinski definition) is 4. The van der Waals surface area contributed by atoms with Crippen molar-refractivity contribution >= 4 is 11.5 Å². The maximum absolute atomic E-state index is 13.6. The van der Waals surface area contributed by atoms with Crippen LogP contribution in [0.15, 0.2) is 36.4 Å². The summed E-state index contributed by atoms with van der Waals surface area (Å²) in [5.74, 6) is 1.99. The average Bonchev–Trinajstić information content (AvgIpc) is 3.15. The van der Waals surface area contributed by atoms with Gasteiger partial charge in [0.25, 0.3) is 0 Å². The van der Waals surface area contributed by atoms with Crippen molar-refractivity contribution < 1.29 is 13.9 Å². The highest BCUT2D eigenvalue weighted by Crippen LogP contribution is 2.50. The van der Waals surface area contributed by atoms with Crippen molar-refractivity contribution in [3.63, 3.8) is 0 Å². The standard InChI is InChI=1S/C23H26FN3O2/c1-12(2)28-19-10-17-14(5)21-22(18(17)11-20(19)29-13(3)4)26-27-23(21)25-16-8-6-7-15(24)9-16/h6-14H,1-5H3,(H2,25,26,27). The molecule has 0 fully saturated rings. The van der Waals surface area contributed by atoms with Crippen molar-refractivity contribution in [1.82, 2.24) is 10.2 Å². The number of nitrogens with zero attached hydrogens (tertiary/aromatic N) is 1. The summed E-state index contributed by atoms with van der Waals surface area (Å²) in [4.78, 5) is 0. The van der Waals surface area contributed by atoms with E-state index in [1.807, 2.05) is 39.8 Å². The molecule has 6 heteroatoms. The monoisotopic (exact) mass is 395 g/mol. The van der Waals surface area contributed by atoms with Gasteiger partial charge < -0.3 is 14.8 Å². The summed E-state index contributed by atoms with van der Waals surface area (Å²) in [6.07, 6.45) is 0.0804. The Bertz CT molecular complexity index is 1040. The molecule has 152 valence electrons. The minimum atomic E-state index is -0.288. The van der Waals surface area contributed by atoms with Gasteiger partial charge in [-0.05, 0) is 63.6 Å². The molecule has 1 aromatic heterocycles. The molecule has 2 aromatic carbocycles. The van der Waals surface area contributed by atoms with Crippen LogP contribution in [-0.4, -0.2) is 22.4 Å². The van der Waals surface area contributed by atoms with Gasteiger partial charge in [-0.1, -0.05) is 13.0 Å². The zero-order chi connectivity index (χ0) is 20.7. The van der Waals surface area contributed by atoms with Gasteiger partial charge >= 0.3 is 0 Å². The van der Waals surface area contributed by atoms with E-state index in [4.69, 9.17) is 9.47 Å². The number of aromatic nitrogens is 2. The molecular formula is C23H26FN3O2. The van der Waals surface area contributed by atoms with E-state index in [0.29, 0.717) is 11.5 Å². The van der Waals surface area contributed by atoms with Crippen molar-refractivity contribution in [3.05, 3.63) is 53.3 Å². The Hall–Kier alpha value is -3.02. The molecule has 0 saturated heterocycles. The number of hydrogen-bond donors (Lipinski definition) is 2. The van der Waals surface area contributed by atoms with Crippen LogP contribution < -0.4 is 14.8 Å². The number of anilines is 2. The fourth-order valence-corrected chi connectivity index (χ4v) is 3.77. The third-order valence-electron chi connectivity index (χ3n) is 4.90. The molecule has 3 aromatic rings. The van der Waals surface area contributed by atoms with Crippen LogP contribution in [0, 0.1) is 5.82 Å². The highest BCUT2D eigenvalue weighted by Gasteiger charge is 2.33. The molecule has 1 aliphatic carbocycles. The van der Waals surface area contributed by atoms with Gasteiger partial charge in [-0.3, -0.25) is 5.10 Å². The molecule has 1 aliphatic rings. The first-order valence-electron chi connectivity index (χ1n) is 9.96. The summed E-state index contributed by atoms with van der Waals surface area (Å²) in [5, 5.41) is 10.8. The predicted molar refractivity (Wildman–Crippen MR) is 113 cm³/mol. The highest BCUT2D eigenvalue weighted by atomic mass is 19.1. The van der Waals surface area contributed by atoms with Gasteiger partial charge in [0.1, 0.15) is 5.82 Å². The van der Waals surface area contributed by atoms with Gasteiger partial charge in [0.15, 0.2) is 17.3 Å². The Kier molecular flexibility index (Phi) is 4.94. The van der Waals surface area contributed by atoms with E-state index in [-0.39, 0.29) is 23.9 Å². The molecule has 5 nitrogen and oxygen atoms in total.